The van der Waals surface area contributed by atoms with Gasteiger partial charge >= 0.3 is 0 Å². The minimum atomic E-state index is -2.79. The molecule has 0 spiro atoms. The SMILES string of the molecule is CCS(=O)(=O)CCCN(C)CC1CC(N)C1. The first-order valence-corrected chi connectivity index (χ1v) is 7.89. The van der Waals surface area contributed by atoms with Crippen LogP contribution in [0.25, 0.3) is 0 Å². The highest BCUT2D eigenvalue weighted by atomic mass is 32.2. The first-order chi connectivity index (χ1) is 7.43. The zero-order valence-corrected chi connectivity index (χ0v) is 11.2. The van der Waals surface area contributed by atoms with E-state index in [1.54, 1.807) is 6.92 Å². The third-order valence-corrected chi connectivity index (χ3v) is 5.07. The molecule has 0 unspecified atom stereocenters. The molecule has 1 aliphatic rings. The Bertz CT molecular complexity index is 297. The van der Waals surface area contributed by atoms with Crippen LogP contribution in [-0.2, 0) is 9.84 Å². The smallest absolute Gasteiger partial charge is 0.150 e. The predicted molar refractivity (Wildman–Crippen MR) is 67.1 cm³/mol. The van der Waals surface area contributed by atoms with Crippen LogP contribution in [0.4, 0.5) is 0 Å². The molecule has 0 aromatic rings. The number of rotatable bonds is 7. The van der Waals surface area contributed by atoms with Gasteiger partial charge in [-0.05, 0) is 38.8 Å². The first kappa shape index (κ1) is 13.9. The molecular formula is C11H24N2O2S. The highest BCUT2D eigenvalue weighted by molar-refractivity contribution is 7.91. The van der Waals surface area contributed by atoms with Gasteiger partial charge in [0.2, 0.25) is 0 Å². The van der Waals surface area contributed by atoms with Crippen LogP contribution in [0, 0.1) is 5.92 Å². The lowest BCUT2D eigenvalue weighted by Gasteiger charge is -2.35. The van der Waals surface area contributed by atoms with Crippen molar-refractivity contribution in [3.05, 3.63) is 0 Å². The zero-order valence-electron chi connectivity index (χ0n) is 10.4. The molecule has 0 amide bonds. The highest BCUT2D eigenvalue weighted by Gasteiger charge is 2.26. The van der Waals surface area contributed by atoms with E-state index in [0.29, 0.717) is 11.8 Å². The average Bonchev–Trinajstić information content (AvgIpc) is 2.15. The van der Waals surface area contributed by atoms with Crippen LogP contribution >= 0.6 is 0 Å². The maximum absolute atomic E-state index is 11.3. The van der Waals surface area contributed by atoms with Crippen molar-refractivity contribution in [2.45, 2.75) is 32.2 Å². The molecule has 0 atom stereocenters. The van der Waals surface area contributed by atoms with Gasteiger partial charge in [-0.2, -0.15) is 0 Å². The van der Waals surface area contributed by atoms with Crippen LogP contribution < -0.4 is 5.73 Å². The van der Waals surface area contributed by atoms with E-state index >= 15 is 0 Å². The van der Waals surface area contributed by atoms with E-state index in [4.69, 9.17) is 5.73 Å². The van der Waals surface area contributed by atoms with Crippen molar-refractivity contribution in [2.24, 2.45) is 11.7 Å². The van der Waals surface area contributed by atoms with Crippen LogP contribution in [0.2, 0.25) is 0 Å². The van der Waals surface area contributed by atoms with Gasteiger partial charge in [0, 0.05) is 18.3 Å². The Morgan fingerprint density at radius 2 is 2.00 bits per heavy atom. The summed E-state index contributed by atoms with van der Waals surface area (Å²) in [6.07, 6.45) is 2.99. The Morgan fingerprint density at radius 1 is 1.38 bits per heavy atom. The highest BCUT2D eigenvalue weighted by Crippen LogP contribution is 2.25. The Balaban J connectivity index is 2.09. The van der Waals surface area contributed by atoms with Gasteiger partial charge in [0.25, 0.3) is 0 Å². The first-order valence-electron chi connectivity index (χ1n) is 6.07. The third-order valence-electron chi connectivity index (χ3n) is 3.28. The fourth-order valence-electron chi connectivity index (χ4n) is 2.17. The fourth-order valence-corrected chi connectivity index (χ4v) is 3.02. The topological polar surface area (TPSA) is 63.4 Å². The van der Waals surface area contributed by atoms with Gasteiger partial charge in [-0.15, -0.1) is 0 Å². The normalized spacial score (nSPS) is 25.8. The summed E-state index contributed by atoms with van der Waals surface area (Å²) in [6.45, 7) is 3.62. The Hall–Kier alpha value is -0.130. The average molecular weight is 248 g/mol. The number of nitrogens with zero attached hydrogens (tertiary/aromatic N) is 1. The van der Waals surface area contributed by atoms with Crippen LogP contribution in [0.15, 0.2) is 0 Å². The second kappa shape index (κ2) is 5.98. The lowest BCUT2D eigenvalue weighted by molar-refractivity contribution is 0.183. The summed E-state index contributed by atoms with van der Waals surface area (Å²) in [5.74, 6) is 1.30. The summed E-state index contributed by atoms with van der Waals surface area (Å²) in [5.41, 5.74) is 5.72. The van der Waals surface area contributed by atoms with E-state index < -0.39 is 9.84 Å². The molecule has 1 fully saturated rings. The molecule has 0 heterocycles. The van der Waals surface area contributed by atoms with Crippen molar-refractivity contribution in [1.82, 2.24) is 4.90 Å². The van der Waals surface area contributed by atoms with E-state index in [1.807, 2.05) is 0 Å². The molecule has 0 aliphatic heterocycles. The predicted octanol–water partition coefficient (Wildman–Crippen LogP) is 0.480. The van der Waals surface area contributed by atoms with Crippen LogP contribution in [0.1, 0.15) is 26.2 Å². The van der Waals surface area contributed by atoms with E-state index in [0.717, 1.165) is 38.3 Å². The van der Waals surface area contributed by atoms with Crippen LogP contribution in [-0.4, -0.2) is 51.0 Å². The number of sulfone groups is 1. The van der Waals surface area contributed by atoms with Crippen molar-refractivity contribution in [2.75, 3.05) is 31.6 Å². The van der Waals surface area contributed by atoms with Gasteiger partial charge in [-0.25, -0.2) is 8.42 Å². The van der Waals surface area contributed by atoms with E-state index in [2.05, 4.69) is 11.9 Å². The molecule has 0 radical (unpaired) electrons. The van der Waals surface area contributed by atoms with Gasteiger partial charge in [0.15, 0.2) is 0 Å². The third kappa shape index (κ3) is 4.80. The van der Waals surface area contributed by atoms with Crippen molar-refractivity contribution in [3.63, 3.8) is 0 Å². The molecule has 0 aromatic carbocycles. The second-order valence-corrected chi connectivity index (χ2v) is 7.42. The van der Waals surface area contributed by atoms with Crippen LogP contribution in [0.5, 0.6) is 0 Å². The molecule has 2 N–H and O–H groups in total. The molecule has 0 saturated heterocycles. The summed E-state index contributed by atoms with van der Waals surface area (Å²) in [4.78, 5) is 2.22. The number of hydrogen-bond donors (Lipinski definition) is 1. The minimum Gasteiger partial charge on any atom is -0.328 e. The standard InChI is InChI=1S/C11H24N2O2S/c1-3-16(14,15)6-4-5-13(2)9-10-7-11(12)8-10/h10-11H,3-9,12H2,1-2H3. The molecule has 0 aromatic heterocycles. The van der Waals surface area contributed by atoms with Crippen molar-refractivity contribution >= 4 is 9.84 Å². The Morgan fingerprint density at radius 3 is 2.50 bits per heavy atom. The van der Waals surface area contributed by atoms with Gasteiger partial charge < -0.3 is 10.6 Å². The molecule has 1 saturated carbocycles. The summed E-state index contributed by atoms with van der Waals surface area (Å²) >= 11 is 0. The molecule has 1 rings (SSSR count). The second-order valence-electron chi connectivity index (χ2n) is 4.95. The molecule has 96 valence electrons. The Kier molecular flexibility index (Phi) is 5.21. The molecule has 4 nitrogen and oxygen atoms in total. The summed E-state index contributed by atoms with van der Waals surface area (Å²) in [5, 5.41) is 0. The van der Waals surface area contributed by atoms with E-state index in [9.17, 15) is 8.42 Å². The van der Waals surface area contributed by atoms with Gasteiger partial charge in [-0.3, -0.25) is 0 Å². The molecule has 0 bridgehead atoms. The zero-order chi connectivity index (χ0) is 12.2. The molecule has 1 aliphatic carbocycles. The van der Waals surface area contributed by atoms with Gasteiger partial charge in [0.1, 0.15) is 9.84 Å². The maximum atomic E-state index is 11.3. The summed E-state index contributed by atoms with van der Waals surface area (Å²) < 4.78 is 22.6. The monoisotopic (exact) mass is 248 g/mol. The van der Waals surface area contributed by atoms with Crippen molar-refractivity contribution in [3.8, 4) is 0 Å². The number of hydrogen-bond acceptors (Lipinski definition) is 4. The van der Waals surface area contributed by atoms with Gasteiger partial charge in [0.05, 0.1) is 5.75 Å². The molecule has 16 heavy (non-hydrogen) atoms. The lowest BCUT2D eigenvalue weighted by Crippen LogP contribution is -2.42. The maximum Gasteiger partial charge on any atom is 0.150 e. The van der Waals surface area contributed by atoms with Crippen molar-refractivity contribution < 1.29 is 8.42 Å². The van der Waals surface area contributed by atoms with Crippen molar-refractivity contribution in [1.29, 1.82) is 0 Å². The summed E-state index contributed by atoms with van der Waals surface area (Å²) in [6, 6.07) is 0.402. The fraction of sp³-hybridized carbons (Fsp3) is 1.00. The van der Waals surface area contributed by atoms with Gasteiger partial charge in [-0.1, -0.05) is 6.92 Å². The van der Waals surface area contributed by atoms with E-state index in [-0.39, 0.29) is 5.75 Å². The largest absolute Gasteiger partial charge is 0.328 e. The molecule has 5 heteroatoms. The molecular weight excluding hydrogens is 224 g/mol. The van der Waals surface area contributed by atoms with Crippen LogP contribution in [0.3, 0.4) is 0 Å². The lowest BCUT2D eigenvalue weighted by atomic mass is 9.80. The van der Waals surface area contributed by atoms with E-state index in [1.165, 1.54) is 0 Å². The summed E-state index contributed by atoms with van der Waals surface area (Å²) in [7, 11) is -0.733. The Labute approximate surface area is 99.1 Å². The quantitative estimate of drug-likeness (QED) is 0.712. The minimum absolute atomic E-state index is 0.258. The number of nitrogens with two attached hydrogens (primary N) is 1.